The van der Waals surface area contributed by atoms with E-state index in [0.717, 1.165) is 17.1 Å². The number of rotatable bonds is 10. The summed E-state index contributed by atoms with van der Waals surface area (Å²) in [7, 11) is 0. The van der Waals surface area contributed by atoms with Crippen molar-refractivity contribution < 1.29 is 23.8 Å². The van der Waals surface area contributed by atoms with Gasteiger partial charge in [-0.2, -0.15) is 0 Å². The van der Waals surface area contributed by atoms with Crippen LogP contribution in [0.25, 0.3) is 0 Å². The molecule has 0 aromatic heterocycles. The number of benzene rings is 2. The molecule has 0 saturated heterocycles. The number of carbonyl (C=O) groups excluding carboxylic acids is 2. The number of amides is 2. The Morgan fingerprint density at radius 2 is 1.55 bits per heavy atom. The minimum absolute atomic E-state index is 0.221. The summed E-state index contributed by atoms with van der Waals surface area (Å²) in [5.74, 6) is 1.30. The fourth-order valence-electron chi connectivity index (χ4n) is 2.59. The number of carbonyl (C=O) groups is 2. The number of para-hydroxylation sites is 1. The van der Waals surface area contributed by atoms with E-state index in [4.69, 9.17) is 14.2 Å². The van der Waals surface area contributed by atoms with Gasteiger partial charge in [-0.3, -0.25) is 20.4 Å². The number of hydrogen-bond acceptors (Lipinski definition) is 5. The Morgan fingerprint density at radius 3 is 2.24 bits per heavy atom. The molecule has 1 atom stereocenters. The smallest absolute Gasteiger partial charge is 0.279 e. The highest BCUT2D eigenvalue weighted by molar-refractivity contribution is 5.84. The highest BCUT2D eigenvalue weighted by atomic mass is 16.5. The maximum atomic E-state index is 12.1. The lowest BCUT2D eigenvalue weighted by molar-refractivity contribution is -0.132. The number of ether oxygens (including phenoxy) is 3. The van der Waals surface area contributed by atoms with Gasteiger partial charge in [0.15, 0.2) is 6.10 Å². The minimum Gasteiger partial charge on any atom is -0.494 e. The van der Waals surface area contributed by atoms with E-state index in [-0.39, 0.29) is 12.3 Å². The van der Waals surface area contributed by atoms with Crippen molar-refractivity contribution in [2.75, 3.05) is 13.2 Å². The van der Waals surface area contributed by atoms with Gasteiger partial charge < -0.3 is 14.2 Å². The summed E-state index contributed by atoms with van der Waals surface area (Å²) < 4.78 is 16.5. The summed E-state index contributed by atoms with van der Waals surface area (Å²) in [4.78, 5) is 24.2. The fourth-order valence-corrected chi connectivity index (χ4v) is 2.59. The average molecular weight is 400 g/mol. The van der Waals surface area contributed by atoms with Crippen LogP contribution in [0.4, 0.5) is 0 Å². The average Bonchev–Trinajstić information content (AvgIpc) is 2.73. The first-order valence-corrected chi connectivity index (χ1v) is 9.72. The van der Waals surface area contributed by atoms with Crippen LogP contribution in [-0.4, -0.2) is 31.1 Å². The lowest BCUT2D eigenvalue weighted by Gasteiger charge is -2.15. The Morgan fingerprint density at radius 1 is 0.897 bits per heavy atom. The van der Waals surface area contributed by atoms with Gasteiger partial charge in [-0.25, -0.2) is 0 Å². The molecule has 29 heavy (non-hydrogen) atoms. The van der Waals surface area contributed by atoms with Gasteiger partial charge >= 0.3 is 0 Å². The second-order valence-corrected chi connectivity index (χ2v) is 6.24. The largest absolute Gasteiger partial charge is 0.494 e. The molecule has 0 aliphatic heterocycles. The number of aryl methyl sites for hydroxylation is 1. The van der Waals surface area contributed by atoms with Crippen molar-refractivity contribution >= 4 is 11.8 Å². The zero-order valence-electron chi connectivity index (χ0n) is 17.1. The maximum absolute atomic E-state index is 12.1. The van der Waals surface area contributed by atoms with Crippen LogP contribution in [0.5, 0.6) is 17.2 Å². The molecular weight excluding hydrogens is 372 g/mol. The first kappa shape index (κ1) is 22.1. The van der Waals surface area contributed by atoms with Crippen molar-refractivity contribution in [3.05, 3.63) is 54.1 Å². The first-order chi connectivity index (χ1) is 14.0. The van der Waals surface area contributed by atoms with Crippen molar-refractivity contribution in [2.24, 2.45) is 0 Å². The van der Waals surface area contributed by atoms with Crippen LogP contribution in [0.3, 0.4) is 0 Å². The SMILES string of the molecule is CCOc1ccc(OC(C)C(=O)NNC(=O)CCc2ccccc2OCC)cc1. The van der Waals surface area contributed by atoms with Crippen LogP contribution >= 0.6 is 0 Å². The van der Waals surface area contributed by atoms with E-state index in [1.807, 2.05) is 38.1 Å². The highest BCUT2D eigenvalue weighted by Crippen LogP contribution is 2.20. The molecule has 0 saturated carbocycles. The van der Waals surface area contributed by atoms with Gasteiger partial charge in [-0.15, -0.1) is 0 Å². The third-order valence-electron chi connectivity index (χ3n) is 4.04. The minimum atomic E-state index is -0.771. The zero-order valence-corrected chi connectivity index (χ0v) is 17.1. The molecule has 0 bridgehead atoms. The lowest BCUT2D eigenvalue weighted by atomic mass is 10.1. The molecule has 2 aromatic rings. The van der Waals surface area contributed by atoms with Gasteiger partial charge in [0, 0.05) is 6.42 Å². The Hall–Kier alpha value is -3.22. The second-order valence-electron chi connectivity index (χ2n) is 6.24. The first-order valence-electron chi connectivity index (χ1n) is 9.72. The Kier molecular flexibility index (Phi) is 8.82. The Labute approximate surface area is 171 Å². The van der Waals surface area contributed by atoms with E-state index in [0.29, 0.717) is 25.4 Å². The van der Waals surface area contributed by atoms with Crippen LogP contribution in [0, 0.1) is 0 Å². The number of hydrogen-bond donors (Lipinski definition) is 2. The summed E-state index contributed by atoms with van der Waals surface area (Å²) in [6, 6.07) is 14.6. The predicted octanol–water partition coefficient (Wildman–Crippen LogP) is 3.03. The van der Waals surface area contributed by atoms with Crippen molar-refractivity contribution in [1.82, 2.24) is 10.9 Å². The van der Waals surface area contributed by atoms with Crippen LogP contribution < -0.4 is 25.1 Å². The lowest BCUT2D eigenvalue weighted by Crippen LogP contribution is -2.47. The van der Waals surface area contributed by atoms with Crippen LogP contribution in [0.15, 0.2) is 48.5 Å². The van der Waals surface area contributed by atoms with Crippen molar-refractivity contribution in [3.8, 4) is 17.2 Å². The Bertz CT molecular complexity index is 792. The fraction of sp³-hybridized carbons (Fsp3) is 0.364. The van der Waals surface area contributed by atoms with E-state index in [1.165, 1.54) is 0 Å². The van der Waals surface area contributed by atoms with Crippen molar-refractivity contribution in [1.29, 1.82) is 0 Å². The maximum Gasteiger partial charge on any atom is 0.279 e. The van der Waals surface area contributed by atoms with Gasteiger partial charge in [0.25, 0.3) is 5.91 Å². The van der Waals surface area contributed by atoms with E-state index >= 15 is 0 Å². The highest BCUT2D eigenvalue weighted by Gasteiger charge is 2.15. The van der Waals surface area contributed by atoms with Gasteiger partial charge in [-0.1, -0.05) is 18.2 Å². The molecule has 0 fully saturated rings. The van der Waals surface area contributed by atoms with Gasteiger partial charge in [0.05, 0.1) is 13.2 Å². The topological polar surface area (TPSA) is 85.9 Å². The predicted molar refractivity (Wildman–Crippen MR) is 110 cm³/mol. The Balaban J connectivity index is 1.75. The molecule has 7 nitrogen and oxygen atoms in total. The molecule has 156 valence electrons. The normalized spacial score (nSPS) is 11.3. The molecule has 7 heteroatoms. The molecular formula is C22H28N2O5. The summed E-state index contributed by atoms with van der Waals surface area (Å²) in [5.41, 5.74) is 5.76. The van der Waals surface area contributed by atoms with Crippen LogP contribution in [-0.2, 0) is 16.0 Å². The van der Waals surface area contributed by atoms with Crippen LogP contribution in [0.2, 0.25) is 0 Å². The summed E-state index contributed by atoms with van der Waals surface area (Å²) >= 11 is 0. The molecule has 0 heterocycles. The van der Waals surface area contributed by atoms with E-state index in [1.54, 1.807) is 31.2 Å². The molecule has 1 unspecified atom stereocenters. The molecule has 0 spiro atoms. The van der Waals surface area contributed by atoms with E-state index in [2.05, 4.69) is 10.9 Å². The van der Waals surface area contributed by atoms with E-state index < -0.39 is 12.0 Å². The molecule has 0 aliphatic rings. The van der Waals surface area contributed by atoms with Crippen molar-refractivity contribution in [2.45, 2.75) is 39.7 Å². The second kappa shape index (κ2) is 11.6. The molecule has 2 aromatic carbocycles. The number of nitrogens with one attached hydrogen (secondary N) is 2. The monoisotopic (exact) mass is 400 g/mol. The third-order valence-corrected chi connectivity index (χ3v) is 4.04. The quantitative estimate of drug-likeness (QED) is 0.599. The molecule has 0 radical (unpaired) electrons. The van der Waals surface area contributed by atoms with Crippen LogP contribution in [0.1, 0.15) is 32.8 Å². The number of hydrazine groups is 1. The summed E-state index contributed by atoms with van der Waals surface area (Å²) in [6.07, 6.45) is -0.0406. The third kappa shape index (κ3) is 7.37. The summed E-state index contributed by atoms with van der Waals surface area (Å²) in [5, 5.41) is 0. The standard InChI is InChI=1S/C22H28N2O5/c1-4-27-18-11-13-19(14-12-18)29-16(3)22(26)24-23-21(25)15-10-17-8-6-7-9-20(17)28-5-2/h6-9,11-14,16H,4-5,10,15H2,1-3H3,(H,23,25)(H,24,26). The molecule has 2 rings (SSSR count). The van der Waals surface area contributed by atoms with Gasteiger partial charge in [0.1, 0.15) is 17.2 Å². The molecule has 2 N–H and O–H groups in total. The summed E-state index contributed by atoms with van der Waals surface area (Å²) in [6.45, 7) is 6.57. The van der Waals surface area contributed by atoms with Crippen molar-refractivity contribution in [3.63, 3.8) is 0 Å². The molecule has 0 aliphatic carbocycles. The van der Waals surface area contributed by atoms with Gasteiger partial charge in [0.2, 0.25) is 5.91 Å². The van der Waals surface area contributed by atoms with Gasteiger partial charge in [-0.05, 0) is 63.1 Å². The van der Waals surface area contributed by atoms with E-state index in [9.17, 15) is 9.59 Å². The molecule has 2 amide bonds. The zero-order chi connectivity index (χ0) is 21.1.